The van der Waals surface area contributed by atoms with Gasteiger partial charge >= 0.3 is 0 Å². The second-order valence-corrected chi connectivity index (χ2v) is 4.12. The van der Waals surface area contributed by atoms with Gasteiger partial charge < -0.3 is 5.73 Å². The molecule has 1 aromatic carbocycles. The predicted octanol–water partition coefficient (Wildman–Crippen LogP) is 3.07. The van der Waals surface area contributed by atoms with Crippen LogP contribution in [0.2, 0.25) is 10.0 Å². The molecule has 1 heterocycles. The van der Waals surface area contributed by atoms with E-state index in [0.29, 0.717) is 15.9 Å². The highest BCUT2D eigenvalue weighted by Crippen LogP contribution is 2.23. The third-order valence-electron chi connectivity index (χ3n) is 1.95. The SMILES string of the molecule is Cc1cc(N)n(-c2cc(Cl)cc(Cl)c2)n1. The monoisotopic (exact) mass is 241 g/mol. The first kappa shape index (κ1) is 10.3. The Morgan fingerprint density at radius 2 is 1.73 bits per heavy atom. The van der Waals surface area contributed by atoms with Crippen molar-refractivity contribution in [2.24, 2.45) is 0 Å². The van der Waals surface area contributed by atoms with Gasteiger partial charge in [0.05, 0.1) is 11.4 Å². The van der Waals surface area contributed by atoms with Crippen LogP contribution in [0.25, 0.3) is 5.69 Å². The van der Waals surface area contributed by atoms with Crippen molar-refractivity contribution in [1.29, 1.82) is 0 Å². The van der Waals surface area contributed by atoms with E-state index < -0.39 is 0 Å². The van der Waals surface area contributed by atoms with Gasteiger partial charge in [-0.15, -0.1) is 0 Å². The minimum Gasteiger partial charge on any atom is -0.384 e. The summed E-state index contributed by atoms with van der Waals surface area (Å²) in [5.41, 5.74) is 7.40. The first-order chi connectivity index (χ1) is 7.06. The summed E-state index contributed by atoms with van der Waals surface area (Å²) in [6.45, 7) is 1.87. The van der Waals surface area contributed by atoms with Crippen LogP contribution in [0.5, 0.6) is 0 Å². The third-order valence-corrected chi connectivity index (χ3v) is 2.39. The highest BCUT2D eigenvalue weighted by Gasteiger charge is 2.06. The number of aryl methyl sites for hydroxylation is 1. The average Bonchev–Trinajstić information content (AvgIpc) is 2.43. The molecule has 0 aliphatic carbocycles. The van der Waals surface area contributed by atoms with Crippen LogP contribution in [0.1, 0.15) is 5.69 Å². The molecule has 2 aromatic rings. The van der Waals surface area contributed by atoms with Gasteiger partial charge in [-0.05, 0) is 25.1 Å². The van der Waals surface area contributed by atoms with E-state index >= 15 is 0 Å². The topological polar surface area (TPSA) is 43.8 Å². The van der Waals surface area contributed by atoms with Gasteiger partial charge in [0.15, 0.2) is 0 Å². The molecule has 0 unspecified atom stereocenters. The molecule has 78 valence electrons. The van der Waals surface area contributed by atoms with Crippen LogP contribution >= 0.6 is 23.2 Å². The van der Waals surface area contributed by atoms with Crippen LogP contribution in [0, 0.1) is 6.92 Å². The third kappa shape index (κ3) is 2.08. The largest absolute Gasteiger partial charge is 0.384 e. The molecular weight excluding hydrogens is 233 g/mol. The Kier molecular flexibility index (Phi) is 2.59. The highest BCUT2D eigenvalue weighted by molar-refractivity contribution is 6.34. The van der Waals surface area contributed by atoms with E-state index in [2.05, 4.69) is 5.10 Å². The first-order valence-corrected chi connectivity index (χ1v) is 5.10. The molecule has 0 atom stereocenters. The highest BCUT2D eigenvalue weighted by atomic mass is 35.5. The van der Waals surface area contributed by atoms with Crippen LogP contribution in [0.15, 0.2) is 24.3 Å². The van der Waals surface area contributed by atoms with Crippen LogP contribution in [0.4, 0.5) is 5.82 Å². The zero-order valence-corrected chi connectivity index (χ0v) is 9.55. The molecule has 0 aliphatic rings. The molecule has 0 saturated heterocycles. The molecular formula is C10H9Cl2N3. The Hall–Kier alpha value is -1.19. The molecule has 1 aromatic heterocycles. The van der Waals surface area contributed by atoms with Crippen LogP contribution in [-0.2, 0) is 0 Å². The number of halogens is 2. The number of hydrogen-bond acceptors (Lipinski definition) is 2. The number of anilines is 1. The van der Waals surface area contributed by atoms with Gasteiger partial charge in [-0.2, -0.15) is 5.10 Å². The normalized spacial score (nSPS) is 10.6. The minimum absolute atomic E-state index is 0.560. The molecule has 15 heavy (non-hydrogen) atoms. The fourth-order valence-electron chi connectivity index (χ4n) is 1.39. The standard InChI is InChI=1S/C10H9Cl2N3/c1-6-2-10(13)15(14-6)9-4-7(11)3-8(12)5-9/h2-5H,13H2,1H3. The maximum absolute atomic E-state index is 5.89. The number of nitrogens with zero attached hydrogens (tertiary/aromatic N) is 2. The minimum atomic E-state index is 0.560. The van der Waals surface area contributed by atoms with Gasteiger partial charge in [-0.25, -0.2) is 4.68 Å². The van der Waals surface area contributed by atoms with E-state index in [0.717, 1.165) is 11.4 Å². The fourth-order valence-corrected chi connectivity index (χ4v) is 1.90. The zero-order valence-electron chi connectivity index (χ0n) is 8.04. The summed E-state index contributed by atoms with van der Waals surface area (Å²) in [6, 6.07) is 6.97. The number of nitrogens with two attached hydrogens (primary N) is 1. The van der Waals surface area contributed by atoms with Gasteiger partial charge in [0, 0.05) is 16.1 Å². The molecule has 0 fully saturated rings. The molecule has 0 bridgehead atoms. The van der Waals surface area contributed by atoms with Gasteiger partial charge in [0.2, 0.25) is 0 Å². The molecule has 0 radical (unpaired) electrons. The second-order valence-electron chi connectivity index (χ2n) is 3.25. The van der Waals surface area contributed by atoms with Crippen LogP contribution < -0.4 is 5.73 Å². The molecule has 3 nitrogen and oxygen atoms in total. The Morgan fingerprint density at radius 1 is 1.13 bits per heavy atom. The van der Waals surface area contributed by atoms with Crippen molar-refractivity contribution >= 4 is 29.0 Å². The van der Waals surface area contributed by atoms with Gasteiger partial charge in [0.1, 0.15) is 5.82 Å². The molecule has 2 N–H and O–H groups in total. The van der Waals surface area contributed by atoms with Gasteiger partial charge in [0.25, 0.3) is 0 Å². The van der Waals surface area contributed by atoms with E-state index in [1.54, 1.807) is 28.9 Å². The summed E-state index contributed by atoms with van der Waals surface area (Å²) < 4.78 is 1.60. The van der Waals surface area contributed by atoms with Crippen molar-refractivity contribution in [3.8, 4) is 5.69 Å². The second kappa shape index (κ2) is 3.76. The van der Waals surface area contributed by atoms with E-state index in [1.807, 2.05) is 6.92 Å². The fraction of sp³-hybridized carbons (Fsp3) is 0.100. The van der Waals surface area contributed by atoms with E-state index in [4.69, 9.17) is 28.9 Å². The summed E-state index contributed by atoms with van der Waals surface area (Å²) in [5, 5.41) is 5.36. The summed E-state index contributed by atoms with van der Waals surface area (Å²) >= 11 is 11.8. The lowest BCUT2D eigenvalue weighted by Gasteiger charge is -2.04. The Balaban J connectivity index is 2.58. The Bertz CT molecular complexity index is 485. The first-order valence-electron chi connectivity index (χ1n) is 4.35. The Labute approximate surface area is 97.4 Å². The summed E-state index contributed by atoms with van der Waals surface area (Å²) in [5.74, 6) is 0.561. The summed E-state index contributed by atoms with van der Waals surface area (Å²) in [4.78, 5) is 0. The van der Waals surface area contributed by atoms with Crippen LogP contribution in [0.3, 0.4) is 0 Å². The maximum atomic E-state index is 5.89. The van der Waals surface area contributed by atoms with Gasteiger partial charge in [-0.3, -0.25) is 0 Å². The lowest BCUT2D eigenvalue weighted by atomic mass is 10.3. The molecule has 5 heteroatoms. The van der Waals surface area contributed by atoms with Crippen molar-refractivity contribution in [3.05, 3.63) is 40.0 Å². The maximum Gasteiger partial charge on any atom is 0.127 e. The van der Waals surface area contributed by atoms with Gasteiger partial charge in [-0.1, -0.05) is 23.2 Å². The number of hydrogen-bond donors (Lipinski definition) is 1. The number of rotatable bonds is 1. The van der Waals surface area contributed by atoms with Crippen molar-refractivity contribution < 1.29 is 0 Å². The number of aromatic nitrogens is 2. The summed E-state index contributed by atoms with van der Waals surface area (Å²) in [6.07, 6.45) is 0. The molecule has 0 saturated carbocycles. The average molecular weight is 242 g/mol. The number of nitrogen functional groups attached to an aromatic ring is 1. The predicted molar refractivity (Wildman–Crippen MR) is 62.7 cm³/mol. The molecule has 0 aliphatic heterocycles. The van der Waals surface area contributed by atoms with Crippen molar-refractivity contribution in [2.75, 3.05) is 5.73 Å². The Morgan fingerprint density at radius 3 is 2.20 bits per heavy atom. The van der Waals surface area contributed by atoms with Crippen molar-refractivity contribution in [2.45, 2.75) is 6.92 Å². The lowest BCUT2D eigenvalue weighted by Crippen LogP contribution is -2.01. The van der Waals surface area contributed by atoms with Crippen molar-refractivity contribution in [1.82, 2.24) is 9.78 Å². The van der Waals surface area contributed by atoms with E-state index in [1.165, 1.54) is 0 Å². The molecule has 0 spiro atoms. The smallest absolute Gasteiger partial charge is 0.127 e. The summed E-state index contributed by atoms with van der Waals surface area (Å²) in [7, 11) is 0. The van der Waals surface area contributed by atoms with E-state index in [9.17, 15) is 0 Å². The number of benzene rings is 1. The zero-order chi connectivity index (χ0) is 11.0. The van der Waals surface area contributed by atoms with Crippen LogP contribution in [-0.4, -0.2) is 9.78 Å². The lowest BCUT2D eigenvalue weighted by molar-refractivity contribution is 0.872. The quantitative estimate of drug-likeness (QED) is 0.835. The van der Waals surface area contributed by atoms with E-state index in [-0.39, 0.29) is 0 Å². The van der Waals surface area contributed by atoms with Crippen molar-refractivity contribution in [3.63, 3.8) is 0 Å². The molecule has 2 rings (SSSR count). The molecule has 0 amide bonds.